The van der Waals surface area contributed by atoms with E-state index in [9.17, 15) is 4.79 Å². The molecule has 0 aliphatic carbocycles. The lowest BCUT2D eigenvalue weighted by Gasteiger charge is -2.02. The predicted molar refractivity (Wildman–Crippen MR) is 72.3 cm³/mol. The summed E-state index contributed by atoms with van der Waals surface area (Å²) in [5.74, 6) is -0.246. The Morgan fingerprint density at radius 3 is 2.89 bits per heavy atom. The van der Waals surface area contributed by atoms with E-state index in [4.69, 9.17) is 0 Å². The van der Waals surface area contributed by atoms with Gasteiger partial charge in [0, 0.05) is 12.4 Å². The van der Waals surface area contributed by atoms with Gasteiger partial charge >= 0.3 is 5.97 Å². The van der Waals surface area contributed by atoms with E-state index in [1.165, 1.54) is 11.8 Å². The Morgan fingerprint density at radius 1 is 1.26 bits per heavy atom. The molecule has 0 bridgehead atoms. The third kappa shape index (κ3) is 3.89. The molecule has 0 saturated carbocycles. The molecule has 2 aromatic heterocycles. The van der Waals surface area contributed by atoms with E-state index in [0.717, 1.165) is 17.6 Å². The van der Waals surface area contributed by atoms with Gasteiger partial charge in [-0.1, -0.05) is 24.4 Å². The third-order valence-corrected chi connectivity index (χ3v) is 2.93. The smallest absolute Gasteiger partial charge is 0.321 e. The highest BCUT2D eigenvalue weighted by molar-refractivity contribution is 7.99. The van der Waals surface area contributed by atoms with Gasteiger partial charge in [-0.2, -0.15) is 0 Å². The molecule has 0 fully saturated rings. The quantitative estimate of drug-likeness (QED) is 0.360. The molecule has 19 heavy (non-hydrogen) atoms. The lowest BCUT2D eigenvalue weighted by atomic mass is 10.3. The zero-order valence-electron chi connectivity index (χ0n) is 10.0. The number of thioether (sulfide) groups is 1. The average molecular weight is 273 g/mol. The van der Waals surface area contributed by atoms with Crippen molar-refractivity contribution in [1.82, 2.24) is 15.0 Å². The Bertz CT molecular complexity index is 575. The lowest BCUT2D eigenvalue weighted by Crippen LogP contribution is -2.03. The van der Waals surface area contributed by atoms with Crippen molar-refractivity contribution >= 4 is 17.7 Å². The molecule has 2 rings (SSSR count). The molecule has 96 valence electrons. The summed E-state index contributed by atoms with van der Waals surface area (Å²) in [7, 11) is 0. The topological polar surface area (TPSA) is 65.0 Å². The van der Waals surface area contributed by atoms with Crippen molar-refractivity contribution in [3.63, 3.8) is 0 Å². The summed E-state index contributed by atoms with van der Waals surface area (Å²) < 4.78 is 4.61. The normalized spacial score (nSPS) is 9.89. The highest BCUT2D eigenvalue weighted by Crippen LogP contribution is 2.18. The van der Waals surface area contributed by atoms with Gasteiger partial charge in [-0.05, 0) is 18.2 Å². The zero-order chi connectivity index (χ0) is 13.5. The standard InChI is InChI=1S/C13H11N3O2S/c1-2-18-12(17)9-19-13-15-8-6-11(16-13)10-5-3-4-7-14-10/h2-8H,1,9H2. The highest BCUT2D eigenvalue weighted by atomic mass is 32.2. The number of pyridine rings is 1. The van der Waals surface area contributed by atoms with Crippen molar-refractivity contribution in [2.45, 2.75) is 5.16 Å². The molecule has 0 amide bonds. The number of ether oxygens (including phenoxy) is 1. The molecule has 0 saturated heterocycles. The van der Waals surface area contributed by atoms with Gasteiger partial charge in [0.15, 0.2) is 5.16 Å². The van der Waals surface area contributed by atoms with Crippen LogP contribution < -0.4 is 0 Å². The van der Waals surface area contributed by atoms with Gasteiger partial charge in [-0.15, -0.1) is 0 Å². The summed E-state index contributed by atoms with van der Waals surface area (Å²) in [6.45, 7) is 3.32. The van der Waals surface area contributed by atoms with Gasteiger partial charge in [0.2, 0.25) is 0 Å². The first-order valence-electron chi connectivity index (χ1n) is 5.47. The Kier molecular flexibility index (Phi) is 4.63. The molecule has 0 atom stereocenters. The maximum atomic E-state index is 11.2. The van der Waals surface area contributed by atoms with Crippen LogP contribution in [0.2, 0.25) is 0 Å². The second kappa shape index (κ2) is 6.65. The van der Waals surface area contributed by atoms with Crippen molar-refractivity contribution in [2.75, 3.05) is 5.75 Å². The second-order valence-electron chi connectivity index (χ2n) is 3.38. The largest absolute Gasteiger partial charge is 0.435 e. The molecule has 0 aromatic carbocycles. The minimum absolute atomic E-state index is 0.137. The Labute approximate surface area is 114 Å². The van der Waals surface area contributed by atoms with E-state index in [2.05, 4.69) is 26.3 Å². The van der Waals surface area contributed by atoms with Crippen LogP contribution in [0.15, 0.2) is 54.7 Å². The van der Waals surface area contributed by atoms with Gasteiger partial charge in [0.1, 0.15) is 0 Å². The van der Waals surface area contributed by atoms with E-state index >= 15 is 0 Å². The number of carbonyl (C=O) groups excluding carboxylic acids is 1. The van der Waals surface area contributed by atoms with Crippen molar-refractivity contribution in [2.24, 2.45) is 0 Å². The fourth-order valence-corrected chi connectivity index (χ4v) is 1.93. The summed E-state index contributed by atoms with van der Waals surface area (Å²) >= 11 is 1.20. The van der Waals surface area contributed by atoms with Crippen LogP contribution in [0.1, 0.15) is 0 Å². The fourth-order valence-electron chi connectivity index (χ4n) is 1.32. The minimum Gasteiger partial charge on any atom is -0.435 e. The molecular formula is C13H11N3O2S. The van der Waals surface area contributed by atoms with Crippen LogP contribution in [0.5, 0.6) is 0 Å². The van der Waals surface area contributed by atoms with Gasteiger partial charge in [-0.25, -0.2) is 9.97 Å². The number of hydrogen-bond donors (Lipinski definition) is 0. The maximum absolute atomic E-state index is 11.2. The Hall–Kier alpha value is -2.21. The molecular weight excluding hydrogens is 262 g/mol. The first kappa shape index (κ1) is 13.2. The molecule has 0 spiro atoms. The van der Waals surface area contributed by atoms with Crippen molar-refractivity contribution in [3.05, 3.63) is 49.5 Å². The Morgan fingerprint density at radius 2 is 2.16 bits per heavy atom. The van der Waals surface area contributed by atoms with Gasteiger partial charge in [0.05, 0.1) is 23.4 Å². The van der Waals surface area contributed by atoms with Crippen LogP contribution in [0, 0.1) is 0 Å². The van der Waals surface area contributed by atoms with Crippen molar-refractivity contribution < 1.29 is 9.53 Å². The Balaban J connectivity index is 2.07. The summed E-state index contributed by atoms with van der Waals surface area (Å²) in [6, 6.07) is 7.36. The van der Waals surface area contributed by atoms with Crippen LogP contribution in [0.3, 0.4) is 0 Å². The SMILES string of the molecule is C=COC(=O)CSc1nccc(-c2ccccn2)n1. The second-order valence-corrected chi connectivity index (χ2v) is 4.33. The van der Waals surface area contributed by atoms with Crippen molar-refractivity contribution in [1.29, 1.82) is 0 Å². The van der Waals surface area contributed by atoms with Crippen LogP contribution in [-0.2, 0) is 9.53 Å². The van der Waals surface area contributed by atoms with E-state index in [1.54, 1.807) is 18.5 Å². The first-order chi connectivity index (χ1) is 9.29. The van der Waals surface area contributed by atoms with E-state index in [1.807, 2.05) is 18.2 Å². The number of aromatic nitrogens is 3. The summed E-state index contributed by atoms with van der Waals surface area (Å²) in [5, 5.41) is 0.504. The minimum atomic E-state index is -0.383. The monoisotopic (exact) mass is 273 g/mol. The molecule has 6 heteroatoms. The van der Waals surface area contributed by atoms with Gasteiger partial charge < -0.3 is 4.74 Å². The number of rotatable bonds is 5. The zero-order valence-corrected chi connectivity index (χ0v) is 10.8. The van der Waals surface area contributed by atoms with Crippen LogP contribution in [0.25, 0.3) is 11.4 Å². The van der Waals surface area contributed by atoms with Crippen LogP contribution in [-0.4, -0.2) is 26.7 Å². The first-order valence-corrected chi connectivity index (χ1v) is 6.46. The van der Waals surface area contributed by atoms with Gasteiger partial charge in [-0.3, -0.25) is 9.78 Å². The molecule has 2 aromatic rings. The molecule has 0 aliphatic rings. The summed E-state index contributed by atoms with van der Waals surface area (Å²) in [4.78, 5) is 23.8. The number of carbonyl (C=O) groups is 1. The van der Waals surface area contributed by atoms with Crippen molar-refractivity contribution in [3.8, 4) is 11.4 Å². The van der Waals surface area contributed by atoms with E-state index < -0.39 is 0 Å². The van der Waals surface area contributed by atoms with Gasteiger partial charge in [0.25, 0.3) is 0 Å². The van der Waals surface area contributed by atoms with E-state index in [0.29, 0.717) is 5.16 Å². The number of hydrogen-bond acceptors (Lipinski definition) is 6. The lowest BCUT2D eigenvalue weighted by molar-refractivity contribution is -0.134. The molecule has 0 aliphatic heterocycles. The molecule has 0 unspecified atom stereocenters. The fraction of sp³-hybridized carbons (Fsp3) is 0.0769. The molecule has 0 radical (unpaired) electrons. The highest BCUT2D eigenvalue weighted by Gasteiger charge is 2.07. The number of esters is 1. The maximum Gasteiger partial charge on any atom is 0.321 e. The predicted octanol–water partition coefficient (Wildman–Crippen LogP) is 2.32. The molecule has 2 heterocycles. The van der Waals surface area contributed by atoms with Crippen LogP contribution in [0.4, 0.5) is 0 Å². The molecule has 5 nitrogen and oxygen atoms in total. The summed E-state index contributed by atoms with van der Waals surface area (Å²) in [6.07, 6.45) is 4.44. The third-order valence-electron chi connectivity index (χ3n) is 2.09. The number of nitrogens with zero attached hydrogens (tertiary/aromatic N) is 3. The molecule has 0 N–H and O–H groups in total. The van der Waals surface area contributed by atoms with E-state index in [-0.39, 0.29) is 11.7 Å². The average Bonchev–Trinajstić information content (AvgIpc) is 2.47. The summed E-state index contributed by atoms with van der Waals surface area (Å²) in [5.41, 5.74) is 1.48. The van der Waals surface area contributed by atoms with Crippen LogP contribution >= 0.6 is 11.8 Å².